The molecule has 7 nitrogen and oxygen atoms in total. The first-order valence-corrected chi connectivity index (χ1v) is 8.24. The van der Waals surface area contributed by atoms with E-state index in [0.717, 1.165) is 0 Å². The fraction of sp³-hybridized carbons (Fsp3) is 0.263. The number of hydrogen-bond donors (Lipinski definition) is 2. The Hall–Kier alpha value is -3.22. The van der Waals surface area contributed by atoms with Crippen molar-refractivity contribution in [3.8, 4) is 0 Å². The summed E-state index contributed by atoms with van der Waals surface area (Å²) in [5, 5.41) is 16.5. The van der Waals surface area contributed by atoms with Gasteiger partial charge in [-0.15, -0.1) is 0 Å². The number of carboxylic acids is 1. The molecular weight excluding hydrogens is 334 g/mol. The summed E-state index contributed by atoms with van der Waals surface area (Å²) >= 11 is 0. The van der Waals surface area contributed by atoms with Gasteiger partial charge in [0.2, 0.25) is 0 Å². The van der Waals surface area contributed by atoms with Crippen LogP contribution in [0.25, 0.3) is 11.1 Å². The Morgan fingerprint density at radius 2 is 1.88 bits per heavy atom. The summed E-state index contributed by atoms with van der Waals surface area (Å²) in [5.41, 5.74) is 2.26. The van der Waals surface area contributed by atoms with E-state index in [1.54, 1.807) is 43.3 Å². The van der Waals surface area contributed by atoms with Crippen LogP contribution >= 0.6 is 0 Å². The highest BCUT2D eigenvalue weighted by molar-refractivity contribution is 6.07. The Kier molecular flexibility index (Phi) is 4.71. The summed E-state index contributed by atoms with van der Waals surface area (Å²) in [6, 6.07) is 9.06. The maximum absolute atomic E-state index is 12.9. The smallest absolute Gasteiger partial charge is 0.330 e. The van der Waals surface area contributed by atoms with Crippen LogP contribution in [0.5, 0.6) is 0 Å². The first-order valence-electron chi connectivity index (χ1n) is 8.24. The van der Waals surface area contributed by atoms with Crippen molar-refractivity contribution in [3.63, 3.8) is 0 Å². The molecule has 2 N–H and O–H groups in total. The van der Waals surface area contributed by atoms with Gasteiger partial charge in [-0.05, 0) is 24.5 Å². The predicted octanol–water partition coefficient (Wildman–Crippen LogP) is 3.21. The molecule has 0 aliphatic heterocycles. The number of rotatable bonds is 5. The maximum Gasteiger partial charge on any atom is 0.330 e. The van der Waals surface area contributed by atoms with Gasteiger partial charge in [0.25, 0.3) is 11.6 Å². The first kappa shape index (κ1) is 17.6. The molecular formula is C19H19N3O4. The number of hydrogen-bond acceptors (Lipinski definition) is 5. The molecule has 1 amide bonds. The molecule has 0 radical (unpaired) electrons. The van der Waals surface area contributed by atoms with E-state index < -0.39 is 17.9 Å². The molecule has 2 heterocycles. The van der Waals surface area contributed by atoms with E-state index in [1.807, 2.05) is 13.8 Å². The number of fused-ring (bicyclic) bond motifs is 1. The van der Waals surface area contributed by atoms with Gasteiger partial charge in [-0.25, -0.2) is 9.78 Å². The van der Waals surface area contributed by atoms with Crippen LogP contribution in [-0.2, 0) is 4.79 Å². The topological polar surface area (TPSA) is 105 Å². The van der Waals surface area contributed by atoms with Gasteiger partial charge in [0.05, 0.1) is 16.6 Å². The second kappa shape index (κ2) is 6.95. The van der Waals surface area contributed by atoms with E-state index in [2.05, 4.69) is 15.5 Å². The van der Waals surface area contributed by atoms with Crippen molar-refractivity contribution in [2.75, 3.05) is 0 Å². The van der Waals surface area contributed by atoms with Gasteiger partial charge >= 0.3 is 5.97 Å². The van der Waals surface area contributed by atoms with E-state index in [0.29, 0.717) is 27.9 Å². The zero-order valence-corrected chi connectivity index (χ0v) is 14.7. The fourth-order valence-corrected chi connectivity index (χ4v) is 2.73. The number of carbonyl (C=O) groups excluding carboxylic acids is 1. The molecule has 134 valence electrons. The largest absolute Gasteiger partial charge is 0.479 e. The summed E-state index contributed by atoms with van der Waals surface area (Å²) in [6.45, 7) is 5.61. The second-order valence-electron chi connectivity index (χ2n) is 6.35. The molecule has 1 aromatic carbocycles. The quantitative estimate of drug-likeness (QED) is 0.730. The molecule has 0 saturated heterocycles. The number of carboxylic acid groups (broad SMARTS) is 1. The summed E-state index contributed by atoms with van der Waals surface area (Å²) in [6.07, 6.45) is 0. The number of carbonyl (C=O) groups is 2. The molecule has 0 saturated carbocycles. The van der Waals surface area contributed by atoms with Crippen molar-refractivity contribution in [1.29, 1.82) is 0 Å². The minimum absolute atomic E-state index is 0.0701. The average Bonchev–Trinajstić information content (AvgIpc) is 3.00. The normalized spacial score (nSPS) is 12.3. The van der Waals surface area contributed by atoms with Crippen molar-refractivity contribution in [2.45, 2.75) is 32.7 Å². The Morgan fingerprint density at radius 1 is 1.19 bits per heavy atom. The number of benzene rings is 1. The first-order chi connectivity index (χ1) is 12.4. The molecule has 3 aromatic rings. The number of nitrogens with one attached hydrogen (secondary N) is 1. The molecule has 3 rings (SSSR count). The minimum atomic E-state index is -1.16. The van der Waals surface area contributed by atoms with Crippen molar-refractivity contribution in [1.82, 2.24) is 15.5 Å². The standard InChI is InChI=1S/C19H19N3O4/c1-10(2)14-9-13(15-11(3)22-26-18(15)20-14)17(23)21-16(19(24)25)12-7-5-4-6-8-12/h4-10,16H,1-3H3,(H,21,23)(H,24,25)/t16-/m1/s1. The predicted molar refractivity (Wildman–Crippen MR) is 94.9 cm³/mol. The summed E-state index contributed by atoms with van der Waals surface area (Å²) in [5.74, 6) is -1.58. The molecule has 0 fully saturated rings. The second-order valence-corrected chi connectivity index (χ2v) is 6.35. The number of aliphatic carboxylic acids is 1. The zero-order valence-electron chi connectivity index (χ0n) is 14.7. The van der Waals surface area contributed by atoms with Crippen molar-refractivity contribution >= 4 is 23.0 Å². The van der Waals surface area contributed by atoms with E-state index in [1.165, 1.54) is 0 Å². The van der Waals surface area contributed by atoms with Crippen LogP contribution in [0.3, 0.4) is 0 Å². The summed E-state index contributed by atoms with van der Waals surface area (Å²) < 4.78 is 5.21. The lowest BCUT2D eigenvalue weighted by Crippen LogP contribution is -2.34. The number of aryl methyl sites for hydroxylation is 1. The van der Waals surface area contributed by atoms with E-state index in [9.17, 15) is 14.7 Å². The summed E-state index contributed by atoms with van der Waals surface area (Å²) in [7, 11) is 0. The molecule has 0 aliphatic rings. The van der Waals surface area contributed by atoms with Gasteiger partial charge in [-0.2, -0.15) is 0 Å². The number of aromatic nitrogens is 2. The number of amides is 1. The highest BCUT2D eigenvalue weighted by atomic mass is 16.5. The molecule has 26 heavy (non-hydrogen) atoms. The van der Waals surface area contributed by atoms with Crippen molar-refractivity contribution in [2.24, 2.45) is 0 Å². The SMILES string of the molecule is Cc1noc2nc(C(C)C)cc(C(=O)N[C@@H](C(=O)O)c3ccccc3)c12. The van der Waals surface area contributed by atoms with E-state index >= 15 is 0 Å². The fourth-order valence-electron chi connectivity index (χ4n) is 2.73. The lowest BCUT2D eigenvalue weighted by molar-refractivity contribution is -0.139. The Balaban J connectivity index is 2.03. The van der Waals surface area contributed by atoms with Gasteiger partial charge in [-0.1, -0.05) is 49.3 Å². The van der Waals surface area contributed by atoms with Gasteiger partial charge in [0.15, 0.2) is 6.04 Å². The molecule has 7 heteroatoms. The molecule has 2 aromatic heterocycles. The van der Waals surface area contributed by atoms with Gasteiger partial charge in [-0.3, -0.25) is 4.79 Å². The monoisotopic (exact) mass is 353 g/mol. The van der Waals surface area contributed by atoms with Gasteiger partial charge in [0.1, 0.15) is 0 Å². The number of nitrogens with zero attached hydrogens (tertiary/aromatic N) is 2. The highest BCUT2D eigenvalue weighted by Gasteiger charge is 2.26. The molecule has 0 bridgehead atoms. The Labute approximate surface area is 150 Å². The minimum Gasteiger partial charge on any atom is -0.479 e. The van der Waals surface area contributed by atoms with Crippen LogP contribution in [0.15, 0.2) is 40.9 Å². The lowest BCUT2D eigenvalue weighted by atomic mass is 10.0. The molecule has 0 aliphatic carbocycles. The lowest BCUT2D eigenvalue weighted by Gasteiger charge is -2.16. The van der Waals surface area contributed by atoms with Crippen LogP contribution < -0.4 is 5.32 Å². The maximum atomic E-state index is 12.9. The van der Waals surface area contributed by atoms with Crippen molar-refractivity contribution < 1.29 is 19.2 Å². The van der Waals surface area contributed by atoms with Crippen LogP contribution in [0.4, 0.5) is 0 Å². The van der Waals surface area contributed by atoms with Crippen LogP contribution in [-0.4, -0.2) is 27.1 Å². The van der Waals surface area contributed by atoms with Crippen LogP contribution in [0, 0.1) is 6.92 Å². The Morgan fingerprint density at radius 3 is 2.50 bits per heavy atom. The van der Waals surface area contributed by atoms with Crippen LogP contribution in [0.2, 0.25) is 0 Å². The van der Waals surface area contributed by atoms with Crippen molar-refractivity contribution in [3.05, 3.63) is 58.9 Å². The molecule has 0 unspecified atom stereocenters. The van der Waals surface area contributed by atoms with Crippen LogP contribution in [0.1, 0.15) is 53.1 Å². The average molecular weight is 353 g/mol. The van der Waals surface area contributed by atoms with Gasteiger partial charge < -0.3 is 14.9 Å². The Bertz CT molecular complexity index is 964. The highest BCUT2D eigenvalue weighted by Crippen LogP contribution is 2.26. The van der Waals surface area contributed by atoms with E-state index in [-0.39, 0.29) is 11.6 Å². The molecule has 1 atom stereocenters. The zero-order chi connectivity index (χ0) is 18.8. The molecule has 0 spiro atoms. The number of pyridine rings is 1. The third kappa shape index (κ3) is 3.28. The van der Waals surface area contributed by atoms with Gasteiger partial charge in [0, 0.05) is 5.69 Å². The summed E-state index contributed by atoms with van der Waals surface area (Å²) in [4.78, 5) is 29.0. The van der Waals surface area contributed by atoms with E-state index in [4.69, 9.17) is 4.52 Å². The third-order valence-corrected chi connectivity index (χ3v) is 4.13. The third-order valence-electron chi connectivity index (χ3n) is 4.13.